The number of carbonyl (C=O) groups is 2. The summed E-state index contributed by atoms with van der Waals surface area (Å²) in [6.45, 7) is -0.954. The Labute approximate surface area is 164 Å². The van der Waals surface area contributed by atoms with Gasteiger partial charge in [-0.2, -0.15) is 0 Å². The van der Waals surface area contributed by atoms with Gasteiger partial charge in [0, 0.05) is 22.7 Å². The fourth-order valence-electron chi connectivity index (χ4n) is 1.96. The molecular weight excluding hydrogens is 399 g/mol. The molecule has 0 saturated heterocycles. The average Bonchev–Trinajstić information content (AvgIpc) is 2.64. The van der Waals surface area contributed by atoms with Crippen LogP contribution in [0.4, 0.5) is 5.69 Å². The fourth-order valence-corrected chi connectivity index (χ4v) is 2.44. The molecule has 0 aliphatic heterocycles. The number of para-hydroxylation sites is 2. The molecule has 0 fully saturated rings. The van der Waals surface area contributed by atoms with E-state index in [9.17, 15) is 19.7 Å². The topological polar surface area (TPSA) is 108 Å². The van der Waals surface area contributed by atoms with Gasteiger partial charge in [0.25, 0.3) is 5.91 Å². The average molecular weight is 413 g/mol. The van der Waals surface area contributed by atoms with Crippen molar-refractivity contribution >= 4 is 40.8 Å². The molecule has 0 radical (unpaired) electrons. The van der Waals surface area contributed by atoms with Crippen molar-refractivity contribution in [1.82, 2.24) is 5.32 Å². The first kappa shape index (κ1) is 20.5. The Bertz CT molecular complexity index is 859. The number of amides is 1. The number of nitrogens with zero attached hydrogens (tertiary/aromatic N) is 1. The summed E-state index contributed by atoms with van der Waals surface area (Å²) in [5, 5.41) is 14.3. The van der Waals surface area contributed by atoms with Crippen LogP contribution in [-0.2, 0) is 20.9 Å². The number of rotatable bonds is 8. The van der Waals surface area contributed by atoms with Crippen LogP contribution in [0, 0.1) is 10.1 Å². The molecule has 0 bridgehead atoms. The number of benzene rings is 2. The summed E-state index contributed by atoms with van der Waals surface area (Å²) in [5.74, 6) is -1.45. The Morgan fingerprint density at radius 3 is 2.56 bits per heavy atom. The molecule has 0 atom stereocenters. The van der Waals surface area contributed by atoms with Crippen molar-refractivity contribution < 1.29 is 24.0 Å². The van der Waals surface area contributed by atoms with Gasteiger partial charge in [-0.05, 0) is 23.8 Å². The maximum Gasteiger partial charge on any atom is 0.344 e. The van der Waals surface area contributed by atoms with Crippen molar-refractivity contribution in [3.05, 3.63) is 68.2 Å². The number of hydrogen-bond donors (Lipinski definition) is 1. The zero-order valence-corrected chi connectivity index (χ0v) is 15.3. The van der Waals surface area contributed by atoms with E-state index in [0.29, 0.717) is 15.6 Å². The van der Waals surface area contributed by atoms with Gasteiger partial charge >= 0.3 is 11.7 Å². The summed E-state index contributed by atoms with van der Waals surface area (Å²) in [4.78, 5) is 33.6. The molecular formula is C17H14Cl2N2O6. The van der Waals surface area contributed by atoms with Crippen LogP contribution in [0.15, 0.2) is 42.5 Å². The van der Waals surface area contributed by atoms with Crippen LogP contribution in [-0.4, -0.2) is 30.0 Å². The van der Waals surface area contributed by atoms with E-state index < -0.39 is 30.0 Å². The molecule has 0 aliphatic carbocycles. The highest BCUT2D eigenvalue weighted by atomic mass is 35.5. The largest absolute Gasteiger partial charge is 0.475 e. The number of nitrogens with one attached hydrogen (secondary N) is 1. The molecule has 1 amide bonds. The van der Waals surface area contributed by atoms with E-state index in [-0.39, 0.29) is 18.0 Å². The van der Waals surface area contributed by atoms with Crippen LogP contribution in [0.3, 0.4) is 0 Å². The zero-order valence-electron chi connectivity index (χ0n) is 13.8. The lowest BCUT2D eigenvalue weighted by atomic mass is 10.2. The number of esters is 1. The number of nitro groups is 1. The predicted octanol–water partition coefficient (Wildman–Crippen LogP) is 3.14. The summed E-state index contributed by atoms with van der Waals surface area (Å²) in [7, 11) is 0. The predicted molar refractivity (Wildman–Crippen MR) is 97.9 cm³/mol. The van der Waals surface area contributed by atoms with Crippen molar-refractivity contribution in [3.63, 3.8) is 0 Å². The monoisotopic (exact) mass is 412 g/mol. The third kappa shape index (κ3) is 6.43. The second-order valence-electron chi connectivity index (χ2n) is 5.19. The molecule has 27 heavy (non-hydrogen) atoms. The lowest BCUT2D eigenvalue weighted by molar-refractivity contribution is -0.385. The van der Waals surface area contributed by atoms with Crippen LogP contribution in [0.2, 0.25) is 10.0 Å². The van der Waals surface area contributed by atoms with Gasteiger partial charge < -0.3 is 14.8 Å². The third-order valence-corrected chi connectivity index (χ3v) is 3.85. The number of carbonyl (C=O) groups excluding carboxylic acids is 2. The van der Waals surface area contributed by atoms with Crippen LogP contribution in [0.25, 0.3) is 0 Å². The number of ether oxygens (including phenoxy) is 2. The summed E-state index contributed by atoms with van der Waals surface area (Å²) in [6, 6.07) is 10.4. The van der Waals surface area contributed by atoms with E-state index in [1.165, 1.54) is 24.3 Å². The Kier molecular flexibility index (Phi) is 7.39. The molecule has 0 heterocycles. The Balaban J connectivity index is 1.75. The summed E-state index contributed by atoms with van der Waals surface area (Å²) >= 11 is 11.8. The minimum absolute atomic E-state index is 0.0683. The summed E-state index contributed by atoms with van der Waals surface area (Å²) in [5.41, 5.74) is 0.378. The highest BCUT2D eigenvalue weighted by Gasteiger charge is 2.16. The van der Waals surface area contributed by atoms with E-state index in [0.717, 1.165) is 0 Å². The normalized spacial score (nSPS) is 10.1. The lowest BCUT2D eigenvalue weighted by Gasteiger charge is -2.09. The Morgan fingerprint density at radius 2 is 1.85 bits per heavy atom. The van der Waals surface area contributed by atoms with Crippen LogP contribution < -0.4 is 10.1 Å². The number of halogens is 2. The quantitative estimate of drug-likeness (QED) is 0.405. The molecule has 2 rings (SSSR count). The minimum atomic E-state index is -0.840. The zero-order chi connectivity index (χ0) is 19.8. The Morgan fingerprint density at radius 1 is 1.11 bits per heavy atom. The maximum absolute atomic E-state index is 11.7. The van der Waals surface area contributed by atoms with Crippen LogP contribution >= 0.6 is 23.2 Å². The maximum atomic E-state index is 11.7. The molecule has 1 N–H and O–H groups in total. The molecule has 10 heteroatoms. The van der Waals surface area contributed by atoms with Gasteiger partial charge in [-0.3, -0.25) is 14.9 Å². The van der Waals surface area contributed by atoms with Gasteiger partial charge in [0.2, 0.25) is 0 Å². The molecule has 142 valence electrons. The van der Waals surface area contributed by atoms with E-state index in [1.54, 1.807) is 18.2 Å². The Hall–Kier alpha value is -2.84. The minimum Gasteiger partial charge on any atom is -0.475 e. The number of hydrogen-bond acceptors (Lipinski definition) is 6. The first-order valence-corrected chi connectivity index (χ1v) is 8.35. The van der Waals surface area contributed by atoms with Gasteiger partial charge in [-0.1, -0.05) is 41.4 Å². The van der Waals surface area contributed by atoms with Gasteiger partial charge in [-0.15, -0.1) is 0 Å². The van der Waals surface area contributed by atoms with Crippen molar-refractivity contribution in [3.8, 4) is 5.75 Å². The molecule has 8 nitrogen and oxygen atoms in total. The standard InChI is InChI=1S/C17H14Cl2N2O6/c18-12-6-5-11(13(19)7-12)8-20-16(22)9-27-17(23)10-26-15-4-2-1-3-14(15)21(24)25/h1-7H,8-10H2,(H,20,22). The van der Waals surface area contributed by atoms with Crippen LogP contribution in [0.1, 0.15) is 5.56 Å². The second-order valence-corrected chi connectivity index (χ2v) is 6.03. The first-order chi connectivity index (χ1) is 12.9. The summed E-state index contributed by atoms with van der Waals surface area (Å²) in [6.07, 6.45) is 0. The molecule has 0 unspecified atom stereocenters. The second kappa shape index (κ2) is 9.75. The highest BCUT2D eigenvalue weighted by molar-refractivity contribution is 6.35. The first-order valence-electron chi connectivity index (χ1n) is 7.59. The molecule has 2 aromatic rings. The smallest absolute Gasteiger partial charge is 0.344 e. The molecule has 0 spiro atoms. The van der Waals surface area contributed by atoms with E-state index >= 15 is 0 Å². The van der Waals surface area contributed by atoms with Gasteiger partial charge in [0.05, 0.1) is 4.92 Å². The van der Waals surface area contributed by atoms with Crippen LogP contribution in [0.5, 0.6) is 5.75 Å². The molecule has 0 aromatic heterocycles. The summed E-state index contributed by atoms with van der Waals surface area (Å²) < 4.78 is 9.83. The van der Waals surface area contributed by atoms with Crippen molar-refractivity contribution in [1.29, 1.82) is 0 Å². The fraction of sp³-hybridized carbons (Fsp3) is 0.176. The highest BCUT2D eigenvalue weighted by Crippen LogP contribution is 2.25. The van der Waals surface area contributed by atoms with E-state index in [4.69, 9.17) is 32.7 Å². The van der Waals surface area contributed by atoms with Crippen molar-refractivity contribution in [2.24, 2.45) is 0 Å². The van der Waals surface area contributed by atoms with Crippen molar-refractivity contribution in [2.45, 2.75) is 6.54 Å². The van der Waals surface area contributed by atoms with E-state index in [2.05, 4.69) is 5.32 Å². The number of nitro benzene ring substituents is 1. The lowest BCUT2D eigenvalue weighted by Crippen LogP contribution is -2.29. The van der Waals surface area contributed by atoms with Gasteiger partial charge in [0.1, 0.15) is 0 Å². The van der Waals surface area contributed by atoms with E-state index in [1.807, 2.05) is 0 Å². The molecule has 0 aliphatic rings. The van der Waals surface area contributed by atoms with Crippen molar-refractivity contribution in [2.75, 3.05) is 13.2 Å². The third-order valence-electron chi connectivity index (χ3n) is 3.26. The van der Waals surface area contributed by atoms with Gasteiger partial charge in [0.15, 0.2) is 19.0 Å². The SMILES string of the molecule is O=C(COC(=O)COc1ccccc1[N+](=O)[O-])NCc1ccc(Cl)cc1Cl. The molecule has 2 aromatic carbocycles. The van der Waals surface area contributed by atoms with Gasteiger partial charge in [-0.25, -0.2) is 4.79 Å². The molecule has 0 saturated carbocycles.